The van der Waals surface area contributed by atoms with Crippen LogP contribution in [0, 0.1) is 5.92 Å². The number of likely N-dealkylation sites (N-methyl/N-ethyl adjacent to an activating group) is 1. The molecule has 1 saturated heterocycles. The molecule has 1 spiro atoms. The van der Waals surface area contributed by atoms with Crippen LogP contribution >= 0.6 is 0 Å². The molecule has 3 aromatic rings. The predicted molar refractivity (Wildman–Crippen MR) is 154 cm³/mol. The number of carbonyl (C=O) groups excluding carboxylic acids is 2. The van der Waals surface area contributed by atoms with Crippen molar-refractivity contribution in [1.82, 2.24) is 9.80 Å². The van der Waals surface area contributed by atoms with E-state index in [1.165, 1.54) is 18.1 Å². The lowest BCUT2D eigenvalue weighted by Gasteiger charge is -2.60. The van der Waals surface area contributed by atoms with E-state index in [1.807, 2.05) is 48.3 Å². The highest BCUT2D eigenvalue weighted by Gasteiger charge is 2.66. The van der Waals surface area contributed by atoms with Crippen molar-refractivity contribution in [2.45, 2.75) is 62.3 Å². The number of ether oxygens (including phenoxy) is 2. The molecule has 7 nitrogen and oxygen atoms in total. The van der Waals surface area contributed by atoms with Gasteiger partial charge in [-0.25, -0.2) is 0 Å². The minimum absolute atomic E-state index is 0.0172. The number of likely N-dealkylation sites (tertiary alicyclic amines) is 1. The third-order valence-corrected chi connectivity index (χ3v) is 9.99. The van der Waals surface area contributed by atoms with Crippen LogP contribution in [-0.4, -0.2) is 60.0 Å². The smallest absolute Gasteiger partial charge is 0.303 e. The fraction of sp³-hybridized carbons (Fsp3) is 0.412. The van der Waals surface area contributed by atoms with E-state index in [1.54, 1.807) is 24.7 Å². The molecular weight excluding hydrogens is 516 g/mol. The quantitative estimate of drug-likeness (QED) is 0.298. The van der Waals surface area contributed by atoms with Gasteiger partial charge in [-0.05, 0) is 67.5 Å². The van der Waals surface area contributed by atoms with Crippen molar-refractivity contribution in [3.63, 3.8) is 0 Å². The Kier molecular flexibility index (Phi) is 6.50. The monoisotopic (exact) mass is 552 g/mol. The second-order valence-corrected chi connectivity index (χ2v) is 12.0. The van der Waals surface area contributed by atoms with Gasteiger partial charge in [0, 0.05) is 49.2 Å². The normalized spacial score (nSPS) is 28.5. The average Bonchev–Trinajstić information content (AvgIpc) is 3.62. The highest BCUT2D eigenvalue weighted by Crippen LogP contribution is 2.62. The van der Waals surface area contributed by atoms with Crippen LogP contribution in [-0.2, 0) is 26.2 Å². The molecule has 6 atom stereocenters. The van der Waals surface area contributed by atoms with E-state index < -0.39 is 0 Å². The van der Waals surface area contributed by atoms with E-state index in [2.05, 4.69) is 23.1 Å². The molecule has 41 heavy (non-hydrogen) atoms. The van der Waals surface area contributed by atoms with Gasteiger partial charge < -0.3 is 18.8 Å². The van der Waals surface area contributed by atoms with Crippen molar-refractivity contribution in [3.05, 3.63) is 95.5 Å². The molecule has 2 bridgehead atoms. The molecule has 1 aromatic heterocycles. The maximum atomic E-state index is 13.3. The number of amides is 1. The van der Waals surface area contributed by atoms with Crippen LogP contribution in [0.2, 0.25) is 0 Å². The zero-order valence-corrected chi connectivity index (χ0v) is 23.6. The molecule has 1 unspecified atom stereocenters. The topological polar surface area (TPSA) is 72.2 Å². The first-order valence-corrected chi connectivity index (χ1v) is 14.7. The van der Waals surface area contributed by atoms with E-state index in [9.17, 15) is 9.59 Å². The van der Waals surface area contributed by atoms with Gasteiger partial charge >= 0.3 is 5.97 Å². The fourth-order valence-corrected chi connectivity index (χ4v) is 8.30. The van der Waals surface area contributed by atoms with Gasteiger partial charge in [0.1, 0.15) is 18.0 Å². The van der Waals surface area contributed by atoms with Crippen molar-refractivity contribution >= 4 is 18.0 Å². The van der Waals surface area contributed by atoms with Gasteiger partial charge in [0.2, 0.25) is 5.91 Å². The minimum Gasteiger partial charge on any atom is -0.487 e. The molecule has 2 fully saturated rings. The Labute approximate surface area is 240 Å². The second kappa shape index (κ2) is 10.2. The van der Waals surface area contributed by atoms with E-state index in [4.69, 9.17) is 13.9 Å². The van der Waals surface area contributed by atoms with Gasteiger partial charge in [-0.15, -0.1) is 0 Å². The van der Waals surface area contributed by atoms with Crippen molar-refractivity contribution in [1.29, 1.82) is 0 Å². The second-order valence-electron chi connectivity index (χ2n) is 12.0. The van der Waals surface area contributed by atoms with Crippen molar-refractivity contribution in [2.75, 3.05) is 20.1 Å². The van der Waals surface area contributed by atoms with Crippen LogP contribution in [0.5, 0.6) is 5.75 Å². The van der Waals surface area contributed by atoms with Crippen LogP contribution < -0.4 is 4.74 Å². The summed E-state index contributed by atoms with van der Waals surface area (Å²) in [6.45, 7) is 3.05. The molecule has 0 N–H and O–H groups in total. The number of furan rings is 1. The molecule has 3 heterocycles. The summed E-state index contributed by atoms with van der Waals surface area (Å²) in [5.41, 5.74) is 4.50. The number of hydrogen-bond acceptors (Lipinski definition) is 6. The Bertz CT molecular complexity index is 1470. The van der Waals surface area contributed by atoms with Gasteiger partial charge in [0.25, 0.3) is 0 Å². The highest BCUT2D eigenvalue weighted by atomic mass is 16.5. The van der Waals surface area contributed by atoms with Gasteiger partial charge in [0.15, 0.2) is 0 Å². The maximum Gasteiger partial charge on any atom is 0.303 e. The summed E-state index contributed by atoms with van der Waals surface area (Å²) in [5, 5.41) is 0. The van der Waals surface area contributed by atoms with Gasteiger partial charge in [-0.1, -0.05) is 42.5 Å². The summed E-state index contributed by atoms with van der Waals surface area (Å²) in [4.78, 5) is 29.9. The first-order chi connectivity index (χ1) is 20.0. The van der Waals surface area contributed by atoms with Gasteiger partial charge in [-0.2, -0.15) is 0 Å². The Morgan fingerprint density at radius 1 is 1.15 bits per heavy atom. The van der Waals surface area contributed by atoms with Crippen molar-refractivity contribution in [2.24, 2.45) is 5.92 Å². The fourth-order valence-electron chi connectivity index (χ4n) is 8.30. The minimum atomic E-state index is -0.312. The number of piperidine rings is 1. The van der Waals surface area contributed by atoms with E-state index in [0.29, 0.717) is 18.5 Å². The predicted octanol–water partition coefficient (Wildman–Crippen LogP) is 5.16. The summed E-state index contributed by atoms with van der Waals surface area (Å²) in [6.07, 6.45) is 10.1. The molecule has 4 aliphatic rings. The molecule has 2 aromatic carbocycles. The highest BCUT2D eigenvalue weighted by molar-refractivity contribution is 5.91. The summed E-state index contributed by atoms with van der Waals surface area (Å²) in [5.74, 6) is 1.12. The Morgan fingerprint density at radius 2 is 2.00 bits per heavy atom. The van der Waals surface area contributed by atoms with Crippen LogP contribution in [0.15, 0.2) is 77.6 Å². The lowest BCUT2D eigenvalue weighted by Crippen LogP contribution is -2.69. The van der Waals surface area contributed by atoms with E-state index in [-0.39, 0.29) is 35.5 Å². The summed E-state index contributed by atoms with van der Waals surface area (Å²) in [6, 6.07) is 18.7. The molecule has 212 valence electrons. The van der Waals surface area contributed by atoms with E-state index >= 15 is 0 Å². The molecule has 1 saturated carbocycles. The lowest BCUT2D eigenvalue weighted by atomic mass is 9.51. The van der Waals surface area contributed by atoms with Crippen LogP contribution in [0.3, 0.4) is 0 Å². The summed E-state index contributed by atoms with van der Waals surface area (Å²) < 4.78 is 17.8. The number of carbonyl (C=O) groups is 2. The SMILES string of the molecule is CC(=O)OC(CN1CC[C@]23c4c5cccc4O[C@H]2[C@@H](N(C)C(=O)C=Cc2ccoc2)CC[C@H]3[C@H]1C5)c1ccccc1. The van der Waals surface area contributed by atoms with Gasteiger partial charge in [0.05, 0.1) is 18.6 Å². The van der Waals surface area contributed by atoms with Crippen LogP contribution in [0.4, 0.5) is 0 Å². The average molecular weight is 553 g/mol. The molecular formula is C34H36N2O5. The Balaban J connectivity index is 1.19. The first-order valence-electron chi connectivity index (χ1n) is 14.7. The number of nitrogens with zero attached hydrogens (tertiary/aromatic N) is 2. The van der Waals surface area contributed by atoms with Crippen molar-refractivity contribution < 1.29 is 23.5 Å². The molecule has 2 aliphatic heterocycles. The largest absolute Gasteiger partial charge is 0.487 e. The number of benzene rings is 2. The standard InChI is InChI=1S/C34H36N2O5/c1-22(37)40-30(24-7-4-3-5-8-24)20-36-17-16-34-26-12-13-27(35(2)31(38)14-11-23-15-18-39-21-23)33(34)41-29-10-6-9-25(32(29)34)19-28(26)36/h3-11,14-15,18,21,26-28,30,33H,12-13,16-17,19-20H2,1-2H3/t26-,27-,28+,30?,33-,34-/m0/s1. The molecule has 7 rings (SSSR count). The molecule has 2 aliphatic carbocycles. The van der Waals surface area contributed by atoms with Crippen LogP contribution in [0.1, 0.15) is 54.5 Å². The zero-order chi connectivity index (χ0) is 28.1. The lowest BCUT2D eigenvalue weighted by molar-refractivity contribution is -0.150. The first kappa shape index (κ1) is 26.1. The Morgan fingerprint density at radius 3 is 2.78 bits per heavy atom. The van der Waals surface area contributed by atoms with Gasteiger partial charge in [-0.3, -0.25) is 14.5 Å². The number of esters is 1. The molecule has 7 heteroatoms. The van der Waals surface area contributed by atoms with E-state index in [0.717, 1.165) is 49.1 Å². The molecule has 0 radical (unpaired) electrons. The summed E-state index contributed by atoms with van der Waals surface area (Å²) in [7, 11) is 1.91. The number of rotatable bonds is 7. The zero-order valence-electron chi connectivity index (χ0n) is 23.6. The number of hydrogen-bond donors (Lipinski definition) is 0. The van der Waals surface area contributed by atoms with Crippen molar-refractivity contribution in [3.8, 4) is 5.75 Å². The Hall–Kier alpha value is -3.84. The maximum absolute atomic E-state index is 13.3. The molecule has 1 amide bonds. The third kappa shape index (κ3) is 4.29. The third-order valence-electron chi connectivity index (χ3n) is 9.99. The van der Waals surface area contributed by atoms with Crippen LogP contribution in [0.25, 0.3) is 6.08 Å². The summed E-state index contributed by atoms with van der Waals surface area (Å²) >= 11 is 0.